The van der Waals surface area contributed by atoms with E-state index in [2.05, 4.69) is 20.2 Å². The number of hydrogen-bond acceptors (Lipinski definition) is 5. The summed E-state index contributed by atoms with van der Waals surface area (Å²) in [5.74, 6) is 0.103. The summed E-state index contributed by atoms with van der Waals surface area (Å²) in [5.41, 5.74) is 5.81. The number of rotatable bonds is 4. The van der Waals surface area contributed by atoms with Crippen LogP contribution in [-0.2, 0) is 0 Å². The van der Waals surface area contributed by atoms with Gasteiger partial charge in [0.2, 0.25) is 11.8 Å². The van der Waals surface area contributed by atoms with Crippen molar-refractivity contribution in [3.8, 4) is 5.88 Å². The van der Waals surface area contributed by atoms with Crippen LogP contribution in [-0.4, -0.2) is 32.9 Å². The van der Waals surface area contributed by atoms with E-state index in [0.29, 0.717) is 11.0 Å². The average Bonchev–Trinajstić information content (AvgIpc) is 2.70. The molecule has 3 N–H and O–H groups in total. The molecule has 0 saturated carbocycles. The number of ether oxygens (including phenoxy) is 1. The Morgan fingerprint density at radius 3 is 2.83 bits per heavy atom. The monoisotopic (exact) mass is 261 g/mol. The number of aromatic amines is 1. The molecule has 9 heteroatoms. The van der Waals surface area contributed by atoms with Crippen LogP contribution in [0.3, 0.4) is 0 Å². The van der Waals surface area contributed by atoms with E-state index >= 15 is 0 Å². The van der Waals surface area contributed by atoms with E-state index in [1.54, 1.807) is 0 Å². The quantitative estimate of drug-likeness (QED) is 0.817. The topological polar surface area (TPSA) is 89.7 Å². The molecule has 0 atom stereocenters. The van der Waals surface area contributed by atoms with Gasteiger partial charge in [0.25, 0.3) is 0 Å². The Labute approximate surface area is 99.4 Å². The van der Waals surface area contributed by atoms with Gasteiger partial charge in [-0.05, 0) is 6.42 Å². The summed E-state index contributed by atoms with van der Waals surface area (Å²) >= 11 is 0. The zero-order valence-electron chi connectivity index (χ0n) is 9.16. The van der Waals surface area contributed by atoms with Crippen LogP contribution in [0.1, 0.15) is 12.8 Å². The zero-order valence-corrected chi connectivity index (χ0v) is 9.16. The van der Waals surface area contributed by atoms with E-state index in [1.165, 1.54) is 6.20 Å². The summed E-state index contributed by atoms with van der Waals surface area (Å²) < 4.78 is 41.0. The summed E-state index contributed by atoms with van der Waals surface area (Å²) in [6, 6.07) is 0. The molecule has 2 aromatic heterocycles. The molecule has 0 saturated heterocycles. The van der Waals surface area contributed by atoms with E-state index in [0.717, 1.165) is 0 Å². The van der Waals surface area contributed by atoms with Crippen LogP contribution in [0.15, 0.2) is 6.20 Å². The summed E-state index contributed by atoms with van der Waals surface area (Å²) in [6.45, 7) is -0.101. The molecule has 0 spiro atoms. The maximum Gasteiger partial charge on any atom is 0.389 e. The fourth-order valence-corrected chi connectivity index (χ4v) is 1.38. The minimum Gasteiger partial charge on any atom is -0.477 e. The van der Waals surface area contributed by atoms with Crippen molar-refractivity contribution < 1.29 is 17.9 Å². The molecule has 0 bridgehead atoms. The number of aromatic nitrogens is 4. The number of H-pyrrole nitrogens is 1. The third kappa shape index (κ3) is 2.99. The minimum atomic E-state index is -4.18. The predicted molar refractivity (Wildman–Crippen MR) is 56.9 cm³/mol. The lowest BCUT2D eigenvalue weighted by molar-refractivity contribution is -0.136. The molecule has 0 aromatic carbocycles. The average molecular weight is 261 g/mol. The first-order valence-corrected chi connectivity index (χ1v) is 5.12. The number of halogens is 3. The van der Waals surface area contributed by atoms with Crippen LogP contribution in [0.2, 0.25) is 0 Å². The predicted octanol–water partition coefficient (Wildman–Crippen LogP) is 1.66. The Morgan fingerprint density at radius 2 is 2.11 bits per heavy atom. The highest BCUT2D eigenvalue weighted by Gasteiger charge is 2.26. The second kappa shape index (κ2) is 4.67. The molecule has 0 aliphatic carbocycles. The number of nitrogens with two attached hydrogens (primary N) is 1. The molecular formula is C9H10F3N5O. The van der Waals surface area contributed by atoms with Gasteiger partial charge in [-0.1, -0.05) is 0 Å². The van der Waals surface area contributed by atoms with Crippen molar-refractivity contribution >= 4 is 17.0 Å². The Hall–Kier alpha value is -2.06. The second-order valence-electron chi connectivity index (χ2n) is 3.59. The fourth-order valence-electron chi connectivity index (χ4n) is 1.38. The van der Waals surface area contributed by atoms with Crippen molar-refractivity contribution in [1.29, 1.82) is 0 Å². The Kier molecular flexibility index (Phi) is 3.21. The van der Waals surface area contributed by atoms with Gasteiger partial charge in [-0.3, -0.25) is 5.10 Å². The Bertz CT molecular complexity index is 538. The number of alkyl halides is 3. The molecule has 98 valence electrons. The smallest absolute Gasteiger partial charge is 0.389 e. The number of nitrogen functional groups attached to an aromatic ring is 1. The highest BCUT2D eigenvalue weighted by molar-refractivity contribution is 5.80. The van der Waals surface area contributed by atoms with E-state index in [9.17, 15) is 13.2 Å². The number of nitrogens with one attached hydrogen (secondary N) is 1. The molecule has 0 unspecified atom stereocenters. The summed E-state index contributed by atoms with van der Waals surface area (Å²) in [5, 5.41) is 6.78. The molecule has 6 nitrogen and oxygen atoms in total. The molecular weight excluding hydrogens is 251 g/mol. The highest BCUT2D eigenvalue weighted by atomic mass is 19.4. The van der Waals surface area contributed by atoms with Crippen molar-refractivity contribution in [2.45, 2.75) is 19.0 Å². The van der Waals surface area contributed by atoms with E-state index in [4.69, 9.17) is 10.5 Å². The van der Waals surface area contributed by atoms with Gasteiger partial charge in [0.05, 0.1) is 12.8 Å². The molecule has 2 rings (SSSR count). The maximum absolute atomic E-state index is 11.9. The molecule has 0 aliphatic heterocycles. The van der Waals surface area contributed by atoms with Gasteiger partial charge in [-0.15, -0.1) is 0 Å². The SMILES string of the molecule is Nc1nc(OCCCC(F)(F)F)c2cn[nH]c2n1. The Morgan fingerprint density at radius 1 is 1.33 bits per heavy atom. The van der Waals surface area contributed by atoms with Gasteiger partial charge in [-0.25, -0.2) is 0 Å². The number of hydrogen-bond donors (Lipinski definition) is 2. The molecule has 0 radical (unpaired) electrons. The van der Waals surface area contributed by atoms with Gasteiger partial charge < -0.3 is 10.5 Å². The number of fused-ring (bicyclic) bond motifs is 1. The normalized spacial score (nSPS) is 11.9. The van der Waals surface area contributed by atoms with Crippen LogP contribution in [0, 0.1) is 0 Å². The minimum absolute atomic E-state index is 0.0300. The van der Waals surface area contributed by atoms with Crippen molar-refractivity contribution in [1.82, 2.24) is 20.2 Å². The second-order valence-corrected chi connectivity index (χ2v) is 3.59. The number of anilines is 1. The Balaban J connectivity index is 2.01. The van der Waals surface area contributed by atoms with Crippen molar-refractivity contribution in [3.63, 3.8) is 0 Å². The maximum atomic E-state index is 11.9. The molecule has 2 heterocycles. The highest BCUT2D eigenvalue weighted by Crippen LogP contribution is 2.23. The third-order valence-corrected chi connectivity index (χ3v) is 2.14. The zero-order chi connectivity index (χ0) is 13.2. The fraction of sp³-hybridized carbons (Fsp3) is 0.444. The molecule has 0 aliphatic rings. The van der Waals surface area contributed by atoms with Gasteiger partial charge in [0, 0.05) is 6.42 Å². The van der Waals surface area contributed by atoms with E-state index in [1.807, 2.05) is 0 Å². The van der Waals surface area contributed by atoms with Crippen LogP contribution < -0.4 is 10.5 Å². The van der Waals surface area contributed by atoms with Crippen molar-refractivity contribution in [3.05, 3.63) is 6.20 Å². The summed E-state index contributed by atoms with van der Waals surface area (Å²) in [6.07, 6.45) is -3.80. The van der Waals surface area contributed by atoms with E-state index < -0.39 is 12.6 Å². The summed E-state index contributed by atoms with van der Waals surface area (Å²) in [4.78, 5) is 7.66. The standard InChI is InChI=1S/C9H10F3N5O/c10-9(11,12)2-1-3-18-7-5-4-14-17-6(5)15-8(13)16-7/h4H,1-3H2,(H3,13,14,15,16,17). The molecule has 0 fully saturated rings. The van der Waals surface area contributed by atoms with E-state index in [-0.39, 0.29) is 24.9 Å². The first-order valence-electron chi connectivity index (χ1n) is 5.12. The van der Waals surface area contributed by atoms with Crippen LogP contribution >= 0.6 is 0 Å². The molecule has 0 amide bonds. The van der Waals surface area contributed by atoms with Gasteiger partial charge in [-0.2, -0.15) is 28.2 Å². The lowest BCUT2D eigenvalue weighted by atomic mass is 10.3. The van der Waals surface area contributed by atoms with Gasteiger partial charge >= 0.3 is 6.18 Å². The first kappa shape index (κ1) is 12.4. The first-order chi connectivity index (χ1) is 8.46. The molecule has 2 aromatic rings. The lowest BCUT2D eigenvalue weighted by Crippen LogP contribution is -2.10. The van der Waals surface area contributed by atoms with Gasteiger partial charge in [0.15, 0.2) is 5.65 Å². The third-order valence-electron chi connectivity index (χ3n) is 2.14. The van der Waals surface area contributed by atoms with Crippen molar-refractivity contribution in [2.75, 3.05) is 12.3 Å². The van der Waals surface area contributed by atoms with Crippen LogP contribution in [0.5, 0.6) is 5.88 Å². The van der Waals surface area contributed by atoms with Crippen LogP contribution in [0.4, 0.5) is 19.1 Å². The largest absolute Gasteiger partial charge is 0.477 e. The lowest BCUT2D eigenvalue weighted by Gasteiger charge is -2.08. The van der Waals surface area contributed by atoms with Crippen molar-refractivity contribution in [2.24, 2.45) is 0 Å². The molecule has 18 heavy (non-hydrogen) atoms. The van der Waals surface area contributed by atoms with Crippen LogP contribution in [0.25, 0.3) is 11.0 Å². The summed E-state index contributed by atoms with van der Waals surface area (Å²) in [7, 11) is 0. The van der Waals surface area contributed by atoms with Gasteiger partial charge in [0.1, 0.15) is 5.39 Å². The number of nitrogens with zero attached hydrogens (tertiary/aromatic N) is 3.